The predicted molar refractivity (Wildman–Crippen MR) is 64.2 cm³/mol. The number of allylic oxidation sites excluding steroid dienone is 2. The molecule has 0 bridgehead atoms. The molecule has 0 saturated heterocycles. The fraction of sp³-hybridized carbons (Fsp3) is 0.333. The molecule has 15 heavy (non-hydrogen) atoms. The van der Waals surface area contributed by atoms with Crippen LogP contribution in [0.5, 0.6) is 0 Å². The Morgan fingerprint density at radius 1 is 1.47 bits per heavy atom. The van der Waals surface area contributed by atoms with Gasteiger partial charge in [0.2, 0.25) is 0 Å². The molecule has 0 heterocycles. The van der Waals surface area contributed by atoms with Crippen LogP contribution >= 0.6 is 23.2 Å². The Bertz CT molecular complexity index is 359. The molecule has 0 radical (unpaired) electrons. The highest BCUT2D eigenvalue weighted by atomic mass is 35.5. The average Bonchev–Trinajstić information content (AvgIpc) is 2.20. The first-order valence-corrected chi connectivity index (χ1v) is 5.70. The van der Waals surface area contributed by atoms with Crippen LogP contribution in [0.1, 0.15) is 18.9 Å². The summed E-state index contributed by atoms with van der Waals surface area (Å²) < 4.78 is 13.3. The van der Waals surface area contributed by atoms with Gasteiger partial charge in [0, 0.05) is 10.9 Å². The van der Waals surface area contributed by atoms with E-state index in [1.54, 1.807) is 12.1 Å². The Morgan fingerprint density at radius 2 is 2.20 bits per heavy atom. The van der Waals surface area contributed by atoms with Gasteiger partial charge in [-0.25, -0.2) is 4.39 Å². The highest BCUT2D eigenvalue weighted by Crippen LogP contribution is 2.18. The molecule has 0 aliphatic rings. The summed E-state index contributed by atoms with van der Waals surface area (Å²) in [7, 11) is 0. The minimum Gasteiger partial charge on any atom is -0.207 e. The minimum absolute atomic E-state index is 0.210. The molecule has 0 nitrogen and oxygen atoms in total. The standard InChI is InChI=1S/C12H13Cl2F/c1-9(3-2-6-13)7-10-8-11(14)4-5-12(10)15/h3-5,8H,2,6-7H2,1H3/b9-3-. The van der Waals surface area contributed by atoms with Crippen LogP contribution in [0.15, 0.2) is 29.8 Å². The van der Waals surface area contributed by atoms with Crippen LogP contribution in [0.25, 0.3) is 0 Å². The molecule has 3 heteroatoms. The quantitative estimate of drug-likeness (QED) is 0.539. The van der Waals surface area contributed by atoms with E-state index in [0.717, 1.165) is 12.0 Å². The van der Waals surface area contributed by atoms with Crippen LogP contribution in [-0.2, 0) is 6.42 Å². The highest BCUT2D eigenvalue weighted by Gasteiger charge is 2.03. The summed E-state index contributed by atoms with van der Waals surface area (Å²) in [6.45, 7) is 1.97. The summed E-state index contributed by atoms with van der Waals surface area (Å²) in [5, 5.41) is 0.566. The number of hydrogen-bond acceptors (Lipinski definition) is 0. The zero-order valence-electron chi connectivity index (χ0n) is 8.56. The number of rotatable bonds is 4. The van der Waals surface area contributed by atoms with E-state index >= 15 is 0 Å². The normalized spacial score (nSPS) is 11.9. The van der Waals surface area contributed by atoms with Gasteiger partial charge >= 0.3 is 0 Å². The molecule has 0 saturated carbocycles. The van der Waals surface area contributed by atoms with Crippen molar-refractivity contribution < 1.29 is 4.39 Å². The number of benzene rings is 1. The third kappa shape index (κ3) is 4.23. The fourth-order valence-corrected chi connectivity index (χ4v) is 1.66. The SMILES string of the molecule is C/C(=C/CCCl)Cc1cc(Cl)ccc1F. The molecule has 1 aromatic rings. The predicted octanol–water partition coefficient (Wildman–Crippen LogP) is 4.60. The maximum absolute atomic E-state index is 13.3. The zero-order chi connectivity index (χ0) is 11.3. The number of halogens is 3. The van der Waals surface area contributed by atoms with Gasteiger partial charge in [-0.15, -0.1) is 11.6 Å². The largest absolute Gasteiger partial charge is 0.207 e. The van der Waals surface area contributed by atoms with Gasteiger partial charge in [0.05, 0.1) is 0 Å². The Morgan fingerprint density at radius 3 is 2.87 bits per heavy atom. The van der Waals surface area contributed by atoms with E-state index in [2.05, 4.69) is 0 Å². The Labute approximate surface area is 99.7 Å². The third-order valence-corrected chi connectivity index (χ3v) is 2.53. The summed E-state index contributed by atoms with van der Waals surface area (Å²) >= 11 is 11.4. The van der Waals surface area contributed by atoms with Crippen molar-refractivity contribution in [2.24, 2.45) is 0 Å². The summed E-state index contributed by atoms with van der Waals surface area (Å²) in [6, 6.07) is 4.61. The van der Waals surface area contributed by atoms with Gasteiger partial charge in [-0.1, -0.05) is 23.3 Å². The Kier molecular flexibility index (Phi) is 5.13. The lowest BCUT2D eigenvalue weighted by Gasteiger charge is -2.04. The van der Waals surface area contributed by atoms with Crippen LogP contribution in [0, 0.1) is 5.82 Å². The molecule has 82 valence electrons. The van der Waals surface area contributed by atoms with Gasteiger partial charge in [-0.2, -0.15) is 0 Å². The fourth-order valence-electron chi connectivity index (χ4n) is 1.35. The lowest BCUT2D eigenvalue weighted by atomic mass is 10.1. The van der Waals surface area contributed by atoms with Gasteiger partial charge in [0.1, 0.15) is 5.82 Å². The van der Waals surface area contributed by atoms with Crippen molar-refractivity contribution in [2.45, 2.75) is 19.8 Å². The van der Waals surface area contributed by atoms with Crippen molar-refractivity contribution in [2.75, 3.05) is 5.88 Å². The molecule has 1 aromatic carbocycles. The first-order valence-electron chi connectivity index (χ1n) is 4.79. The summed E-state index contributed by atoms with van der Waals surface area (Å²) in [6.07, 6.45) is 3.42. The van der Waals surface area contributed by atoms with Crippen molar-refractivity contribution in [1.82, 2.24) is 0 Å². The second-order valence-corrected chi connectivity index (χ2v) is 4.26. The van der Waals surface area contributed by atoms with E-state index in [0.29, 0.717) is 22.9 Å². The van der Waals surface area contributed by atoms with E-state index in [1.807, 2.05) is 13.0 Å². The lowest BCUT2D eigenvalue weighted by molar-refractivity contribution is 0.613. The number of hydrogen-bond donors (Lipinski definition) is 0. The van der Waals surface area contributed by atoms with Gasteiger partial charge in [0.15, 0.2) is 0 Å². The van der Waals surface area contributed by atoms with Crippen LogP contribution in [0.3, 0.4) is 0 Å². The van der Waals surface area contributed by atoms with Crippen molar-refractivity contribution in [1.29, 1.82) is 0 Å². The topological polar surface area (TPSA) is 0 Å². The first kappa shape index (κ1) is 12.5. The van der Waals surface area contributed by atoms with E-state index in [-0.39, 0.29) is 5.82 Å². The molecule has 0 fully saturated rings. The average molecular weight is 247 g/mol. The molecule has 0 aromatic heterocycles. The van der Waals surface area contributed by atoms with Crippen LogP contribution in [0.2, 0.25) is 5.02 Å². The van der Waals surface area contributed by atoms with Crippen LogP contribution in [0.4, 0.5) is 4.39 Å². The van der Waals surface area contributed by atoms with Crippen molar-refractivity contribution in [3.8, 4) is 0 Å². The zero-order valence-corrected chi connectivity index (χ0v) is 10.1. The van der Waals surface area contributed by atoms with Gasteiger partial charge in [-0.05, 0) is 43.5 Å². The molecule has 0 unspecified atom stereocenters. The maximum atomic E-state index is 13.3. The summed E-state index contributed by atoms with van der Waals surface area (Å²) in [5.41, 5.74) is 1.74. The van der Waals surface area contributed by atoms with Crippen LogP contribution in [-0.4, -0.2) is 5.88 Å². The molecule has 0 spiro atoms. The molecular weight excluding hydrogens is 234 g/mol. The Balaban J connectivity index is 2.75. The molecule has 0 N–H and O–H groups in total. The minimum atomic E-state index is -0.210. The maximum Gasteiger partial charge on any atom is 0.126 e. The first-order chi connectivity index (χ1) is 7.13. The highest BCUT2D eigenvalue weighted by molar-refractivity contribution is 6.30. The van der Waals surface area contributed by atoms with Gasteiger partial charge in [0.25, 0.3) is 0 Å². The van der Waals surface area contributed by atoms with E-state index in [1.165, 1.54) is 6.07 Å². The molecule has 0 atom stereocenters. The van der Waals surface area contributed by atoms with Crippen molar-refractivity contribution in [3.63, 3.8) is 0 Å². The van der Waals surface area contributed by atoms with Gasteiger partial charge in [-0.3, -0.25) is 0 Å². The second kappa shape index (κ2) is 6.14. The molecule has 0 aliphatic carbocycles. The second-order valence-electron chi connectivity index (χ2n) is 3.44. The van der Waals surface area contributed by atoms with Crippen molar-refractivity contribution in [3.05, 3.63) is 46.3 Å². The van der Waals surface area contributed by atoms with Crippen molar-refractivity contribution >= 4 is 23.2 Å². The van der Waals surface area contributed by atoms with Gasteiger partial charge < -0.3 is 0 Å². The van der Waals surface area contributed by atoms with E-state index < -0.39 is 0 Å². The Hall–Kier alpha value is -0.530. The molecule has 0 aliphatic heterocycles. The molecule has 0 amide bonds. The smallest absolute Gasteiger partial charge is 0.126 e. The van der Waals surface area contributed by atoms with E-state index in [4.69, 9.17) is 23.2 Å². The number of alkyl halides is 1. The van der Waals surface area contributed by atoms with E-state index in [9.17, 15) is 4.39 Å². The molecular formula is C12H13Cl2F. The monoisotopic (exact) mass is 246 g/mol. The van der Waals surface area contributed by atoms with Crippen LogP contribution < -0.4 is 0 Å². The molecule has 1 rings (SSSR count). The third-order valence-electron chi connectivity index (χ3n) is 2.08. The lowest BCUT2D eigenvalue weighted by Crippen LogP contribution is -1.92. The summed E-state index contributed by atoms with van der Waals surface area (Å²) in [4.78, 5) is 0. The summed E-state index contributed by atoms with van der Waals surface area (Å²) in [5.74, 6) is 0.382.